The number of anilines is 3. The summed E-state index contributed by atoms with van der Waals surface area (Å²) in [6.07, 6.45) is 5.20. The highest BCUT2D eigenvalue weighted by molar-refractivity contribution is 6.02. The van der Waals surface area contributed by atoms with Crippen LogP contribution in [-0.4, -0.2) is 48.7 Å². The Morgan fingerprint density at radius 2 is 1.62 bits per heavy atom. The Balaban J connectivity index is 1.01. The lowest BCUT2D eigenvalue weighted by Crippen LogP contribution is -2.20. The van der Waals surface area contributed by atoms with Crippen LogP contribution in [0.25, 0.3) is 28.0 Å². The number of alkyl halides is 3. The molecule has 2 N–H and O–H groups in total. The van der Waals surface area contributed by atoms with Gasteiger partial charge in [0.2, 0.25) is 0 Å². The van der Waals surface area contributed by atoms with E-state index in [9.17, 15) is 18.0 Å². The first-order chi connectivity index (χ1) is 22.8. The Morgan fingerprint density at radius 3 is 2.34 bits per heavy atom. The molecule has 6 aromatic rings. The number of nitrogens with zero attached hydrogens (tertiary/aromatic N) is 7. The third kappa shape index (κ3) is 6.52. The fourth-order valence-electron chi connectivity index (χ4n) is 5.29. The average Bonchev–Trinajstić information content (AvgIpc) is 3.77. The molecule has 0 saturated carbocycles. The van der Waals surface area contributed by atoms with Gasteiger partial charge in [0.25, 0.3) is 0 Å². The molecular weight excluding hydrogens is 611 g/mol. The molecule has 1 aliphatic heterocycles. The van der Waals surface area contributed by atoms with E-state index in [0.29, 0.717) is 16.9 Å². The molecule has 2 aromatic carbocycles. The van der Waals surface area contributed by atoms with Gasteiger partial charge < -0.3 is 20.3 Å². The van der Waals surface area contributed by atoms with Crippen molar-refractivity contribution in [3.63, 3.8) is 0 Å². The third-order valence-corrected chi connectivity index (χ3v) is 7.59. The van der Waals surface area contributed by atoms with Crippen molar-refractivity contribution in [2.24, 2.45) is 0 Å². The van der Waals surface area contributed by atoms with Gasteiger partial charge in [0, 0.05) is 42.2 Å². The molecule has 0 bridgehead atoms. The van der Waals surface area contributed by atoms with Gasteiger partial charge in [0.15, 0.2) is 5.65 Å². The van der Waals surface area contributed by atoms with Crippen molar-refractivity contribution in [2.75, 3.05) is 28.6 Å². The SMILES string of the molecule is O=C(Nc1cnc(Oc2ccc(-c3cnc4ccc(N5CCCC5)nn34)cc2)nc1)Nc1cc(C(F)(F)F)ccc1-c1cccnc1. The fraction of sp³-hybridized carbons (Fsp3) is 0.152. The minimum absolute atomic E-state index is 0.0344. The van der Waals surface area contributed by atoms with Crippen LogP contribution in [0.5, 0.6) is 11.8 Å². The predicted molar refractivity (Wildman–Crippen MR) is 169 cm³/mol. The summed E-state index contributed by atoms with van der Waals surface area (Å²) in [5.74, 6) is 1.41. The van der Waals surface area contributed by atoms with Gasteiger partial charge in [-0.15, -0.1) is 5.10 Å². The standard InChI is InChI=1S/C33H26F3N9O2/c34-33(35,36)23-7-10-26(22-4-3-13-37-17-22)27(16-23)42-31(46)41-24-18-39-32(40-19-24)47-25-8-5-21(6-9-25)28-20-38-29-11-12-30(43-45(28)29)44-14-1-2-15-44/h3-13,16-20H,1-2,14-15H2,(H2,41,42,46). The molecule has 0 radical (unpaired) electrons. The lowest BCUT2D eigenvalue weighted by molar-refractivity contribution is -0.137. The molecule has 236 valence electrons. The number of aromatic nitrogens is 6. The van der Waals surface area contributed by atoms with Gasteiger partial charge in [-0.2, -0.15) is 13.2 Å². The van der Waals surface area contributed by atoms with Crippen LogP contribution < -0.4 is 20.3 Å². The van der Waals surface area contributed by atoms with Crippen LogP contribution in [-0.2, 0) is 6.18 Å². The summed E-state index contributed by atoms with van der Waals surface area (Å²) in [6, 6.07) is 17.0. The largest absolute Gasteiger partial charge is 0.424 e. The summed E-state index contributed by atoms with van der Waals surface area (Å²) in [5, 5.41) is 9.84. The van der Waals surface area contributed by atoms with E-state index in [-0.39, 0.29) is 17.4 Å². The highest BCUT2D eigenvalue weighted by Crippen LogP contribution is 2.36. The maximum absolute atomic E-state index is 13.4. The number of carbonyl (C=O) groups excluding carboxylic acids is 1. The lowest BCUT2D eigenvalue weighted by Gasteiger charge is -2.16. The Bertz CT molecular complexity index is 2030. The zero-order valence-corrected chi connectivity index (χ0v) is 24.6. The van der Waals surface area contributed by atoms with Crippen molar-refractivity contribution in [3.8, 4) is 34.1 Å². The predicted octanol–water partition coefficient (Wildman–Crippen LogP) is 7.30. The smallest absolute Gasteiger partial charge is 0.416 e. The normalized spacial score (nSPS) is 13.1. The Morgan fingerprint density at radius 1 is 0.830 bits per heavy atom. The first-order valence-corrected chi connectivity index (χ1v) is 14.7. The van der Waals surface area contributed by atoms with Gasteiger partial charge in [-0.1, -0.05) is 12.1 Å². The van der Waals surface area contributed by atoms with E-state index in [1.165, 1.54) is 24.7 Å². The quantitative estimate of drug-likeness (QED) is 0.187. The zero-order valence-electron chi connectivity index (χ0n) is 24.6. The molecule has 1 fully saturated rings. The summed E-state index contributed by atoms with van der Waals surface area (Å²) in [5.41, 5.74) is 2.66. The number of pyridine rings is 1. The molecule has 1 saturated heterocycles. The second kappa shape index (κ2) is 12.4. The highest BCUT2D eigenvalue weighted by Gasteiger charge is 2.31. The van der Waals surface area contributed by atoms with Crippen LogP contribution in [0, 0.1) is 0 Å². The first kappa shape index (κ1) is 29.6. The van der Waals surface area contributed by atoms with E-state index >= 15 is 0 Å². The zero-order chi connectivity index (χ0) is 32.4. The van der Waals surface area contributed by atoms with Crippen molar-refractivity contribution in [1.82, 2.24) is 29.5 Å². The van der Waals surface area contributed by atoms with Gasteiger partial charge in [-0.3, -0.25) is 4.98 Å². The van der Waals surface area contributed by atoms with Crippen molar-refractivity contribution >= 4 is 28.9 Å². The van der Waals surface area contributed by atoms with E-state index < -0.39 is 17.8 Å². The Hall–Kier alpha value is -6.05. The van der Waals surface area contributed by atoms with Gasteiger partial charge in [0.05, 0.1) is 41.2 Å². The number of rotatable bonds is 7. The molecule has 14 heteroatoms. The van der Waals surface area contributed by atoms with E-state index in [4.69, 9.17) is 9.84 Å². The molecule has 11 nitrogen and oxygen atoms in total. The maximum atomic E-state index is 13.4. The number of urea groups is 1. The number of amides is 2. The summed E-state index contributed by atoms with van der Waals surface area (Å²) in [4.78, 5) is 31.8. The molecule has 47 heavy (non-hydrogen) atoms. The van der Waals surface area contributed by atoms with Crippen molar-refractivity contribution in [2.45, 2.75) is 19.0 Å². The fourth-order valence-corrected chi connectivity index (χ4v) is 5.29. The number of benzene rings is 2. The van der Waals surface area contributed by atoms with Crippen LogP contribution in [0.3, 0.4) is 0 Å². The molecule has 0 unspecified atom stereocenters. The number of nitrogens with one attached hydrogen (secondary N) is 2. The molecule has 2 amide bonds. The second-order valence-electron chi connectivity index (χ2n) is 10.8. The number of ether oxygens (including phenoxy) is 1. The lowest BCUT2D eigenvalue weighted by atomic mass is 10.0. The topological polar surface area (TPSA) is 122 Å². The summed E-state index contributed by atoms with van der Waals surface area (Å²) >= 11 is 0. The molecule has 7 rings (SSSR count). The monoisotopic (exact) mass is 637 g/mol. The molecular formula is C33H26F3N9O2. The molecule has 5 heterocycles. The Labute approximate surface area is 266 Å². The van der Waals surface area contributed by atoms with Gasteiger partial charge >= 0.3 is 18.2 Å². The summed E-state index contributed by atoms with van der Waals surface area (Å²) in [6.45, 7) is 1.99. The number of halogens is 3. The van der Waals surface area contributed by atoms with E-state index in [1.807, 2.05) is 28.8 Å². The first-order valence-electron chi connectivity index (χ1n) is 14.7. The molecule has 4 aromatic heterocycles. The maximum Gasteiger partial charge on any atom is 0.416 e. The van der Waals surface area contributed by atoms with Crippen molar-refractivity contribution in [1.29, 1.82) is 0 Å². The van der Waals surface area contributed by atoms with Crippen LogP contribution in [0.15, 0.2) is 97.7 Å². The molecule has 1 aliphatic rings. The van der Waals surface area contributed by atoms with Crippen LogP contribution in [0.4, 0.5) is 35.2 Å². The van der Waals surface area contributed by atoms with E-state index in [1.54, 1.807) is 36.7 Å². The molecule has 0 atom stereocenters. The molecule has 0 aliphatic carbocycles. The van der Waals surface area contributed by atoms with Crippen molar-refractivity contribution in [3.05, 3.63) is 103 Å². The molecule has 0 spiro atoms. The minimum Gasteiger partial charge on any atom is -0.424 e. The Kier molecular flexibility index (Phi) is 7.81. The van der Waals surface area contributed by atoms with Crippen LogP contribution in [0.1, 0.15) is 18.4 Å². The van der Waals surface area contributed by atoms with Crippen LogP contribution in [0.2, 0.25) is 0 Å². The van der Waals surface area contributed by atoms with Gasteiger partial charge in [-0.05, 0) is 67.4 Å². The third-order valence-electron chi connectivity index (χ3n) is 7.59. The minimum atomic E-state index is -4.59. The van der Waals surface area contributed by atoms with E-state index in [2.05, 4.69) is 35.5 Å². The number of imidazole rings is 1. The van der Waals surface area contributed by atoms with Crippen molar-refractivity contribution < 1.29 is 22.7 Å². The number of carbonyl (C=O) groups is 1. The highest BCUT2D eigenvalue weighted by atomic mass is 19.4. The average molecular weight is 638 g/mol. The van der Waals surface area contributed by atoms with Crippen LogP contribution >= 0.6 is 0 Å². The number of fused-ring (bicyclic) bond motifs is 1. The van der Waals surface area contributed by atoms with Gasteiger partial charge in [0.1, 0.15) is 11.6 Å². The van der Waals surface area contributed by atoms with Gasteiger partial charge in [-0.25, -0.2) is 24.3 Å². The summed E-state index contributed by atoms with van der Waals surface area (Å²) < 4.78 is 47.8. The second-order valence-corrected chi connectivity index (χ2v) is 10.8. The number of hydrogen-bond donors (Lipinski definition) is 2. The van der Waals surface area contributed by atoms with E-state index in [0.717, 1.165) is 60.8 Å². The summed E-state index contributed by atoms with van der Waals surface area (Å²) in [7, 11) is 0. The number of hydrogen-bond acceptors (Lipinski definition) is 8.